The van der Waals surface area contributed by atoms with Crippen molar-refractivity contribution in [2.75, 3.05) is 33.0 Å². The summed E-state index contributed by atoms with van der Waals surface area (Å²) in [6.45, 7) is 6.99. The van der Waals surface area contributed by atoms with Crippen molar-refractivity contribution in [3.63, 3.8) is 0 Å². The highest BCUT2D eigenvalue weighted by atomic mass is 16.5. The molecule has 0 spiro atoms. The van der Waals surface area contributed by atoms with E-state index in [4.69, 9.17) is 9.47 Å². The highest BCUT2D eigenvalue weighted by molar-refractivity contribution is 5.94. The number of rotatable bonds is 6. The van der Waals surface area contributed by atoms with Gasteiger partial charge in [0.1, 0.15) is 0 Å². The van der Waals surface area contributed by atoms with E-state index in [0.29, 0.717) is 48.4 Å². The molecule has 1 amide bonds. The van der Waals surface area contributed by atoms with Crippen molar-refractivity contribution in [1.29, 1.82) is 0 Å². The molecule has 8 heteroatoms. The van der Waals surface area contributed by atoms with Crippen LogP contribution < -0.4 is 10.9 Å². The van der Waals surface area contributed by atoms with Crippen LogP contribution in [0, 0.1) is 19.8 Å². The summed E-state index contributed by atoms with van der Waals surface area (Å²) in [5.41, 5.74) is 5.38. The molecule has 2 N–H and O–H groups in total. The van der Waals surface area contributed by atoms with E-state index in [0.717, 1.165) is 48.3 Å². The fourth-order valence-electron chi connectivity index (χ4n) is 5.35. The van der Waals surface area contributed by atoms with Crippen molar-refractivity contribution in [2.45, 2.75) is 51.7 Å². The van der Waals surface area contributed by atoms with Crippen LogP contribution in [-0.4, -0.2) is 59.6 Å². The third kappa shape index (κ3) is 5.46. The van der Waals surface area contributed by atoms with Gasteiger partial charge in [0, 0.05) is 31.9 Å². The molecule has 0 saturated carbocycles. The molecule has 3 aromatic rings. The van der Waals surface area contributed by atoms with Gasteiger partial charge in [-0.15, -0.1) is 0 Å². The molecule has 2 fully saturated rings. The van der Waals surface area contributed by atoms with E-state index in [2.05, 4.69) is 17.2 Å². The number of hydrogen-bond acceptors (Lipinski definition) is 6. The fourth-order valence-corrected chi connectivity index (χ4v) is 5.35. The zero-order valence-corrected chi connectivity index (χ0v) is 21.5. The van der Waals surface area contributed by atoms with Crippen molar-refractivity contribution in [3.05, 3.63) is 74.8 Å². The second kappa shape index (κ2) is 11.1. The monoisotopic (exact) mass is 505 g/mol. The Kier molecular flexibility index (Phi) is 7.69. The minimum absolute atomic E-state index is 0.0577. The first kappa shape index (κ1) is 25.6. The summed E-state index contributed by atoms with van der Waals surface area (Å²) in [6, 6.07) is 9.26. The molecule has 2 aromatic carbocycles. The van der Waals surface area contributed by atoms with Crippen LogP contribution >= 0.6 is 0 Å². The van der Waals surface area contributed by atoms with Crippen molar-refractivity contribution in [2.24, 2.45) is 5.92 Å². The first-order chi connectivity index (χ1) is 17.9. The molecule has 5 rings (SSSR count). The first-order valence-electron chi connectivity index (χ1n) is 13.1. The van der Waals surface area contributed by atoms with Gasteiger partial charge in [-0.25, -0.2) is 4.98 Å². The molecule has 37 heavy (non-hydrogen) atoms. The Balaban J connectivity index is 1.35. The van der Waals surface area contributed by atoms with E-state index in [-0.39, 0.29) is 24.1 Å². The Bertz CT molecular complexity index is 1330. The number of nitrogens with zero attached hydrogens (tertiary/aromatic N) is 2. The molecule has 0 unspecified atom stereocenters. The largest absolute Gasteiger partial charge is 0.389 e. The summed E-state index contributed by atoms with van der Waals surface area (Å²) in [6.07, 6.45) is 4.01. The average Bonchev–Trinajstić information content (AvgIpc) is 2.92. The van der Waals surface area contributed by atoms with Crippen LogP contribution in [0.25, 0.3) is 10.9 Å². The fraction of sp³-hybridized carbons (Fsp3) is 0.483. The number of ether oxygens (including phenoxy) is 2. The number of aliphatic hydroxyl groups excluding tert-OH is 1. The number of carbonyl (C=O) groups excluding carboxylic acids is 1. The van der Waals surface area contributed by atoms with Crippen molar-refractivity contribution >= 4 is 16.8 Å². The predicted octanol–water partition coefficient (Wildman–Crippen LogP) is 3.08. The van der Waals surface area contributed by atoms with Crippen LogP contribution in [0.5, 0.6) is 0 Å². The smallest absolute Gasteiger partial charge is 0.261 e. The van der Waals surface area contributed by atoms with Crippen LogP contribution in [-0.2, 0) is 15.9 Å². The summed E-state index contributed by atoms with van der Waals surface area (Å²) >= 11 is 0. The minimum Gasteiger partial charge on any atom is -0.389 e. The summed E-state index contributed by atoms with van der Waals surface area (Å²) < 4.78 is 12.3. The molecule has 2 saturated heterocycles. The van der Waals surface area contributed by atoms with E-state index >= 15 is 0 Å². The summed E-state index contributed by atoms with van der Waals surface area (Å²) in [7, 11) is 0. The van der Waals surface area contributed by atoms with Crippen molar-refractivity contribution in [3.8, 4) is 0 Å². The quantitative estimate of drug-likeness (QED) is 0.534. The van der Waals surface area contributed by atoms with Crippen LogP contribution in [0.3, 0.4) is 0 Å². The lowest BCUT2D eigenvalue weighted by Gasteiger charge is -2.29. The lowest BCUT2D eigenvalue weighted by molar-refractivity contribution is -0.0395. The molecule has 3 heterocycles. The van der Waals surface area contributed by atoms with E-state index in [1.54, 1.807) is 10.9 Å². The van der Waals surface area contributed by atoms with Crippen molar-refractivity contribution in [1.82, 2.24) is 14.9 Å². The van der Waals surface area contributed by atoms with Crippen molar-refractivity contribution < 1.29 is 19.4 Å². The molecule has 8 nitrogen and oxygen atoms in total. The standard InChI is InChI=1S/C29H35N3O5/c1-18-19(2)27-24(29(35)32(17-31-27)25-9-12-37-16-26(25)33)14-23(18)13-20-3-5-22(6-4-20)28(34)30-15-21-7-10-36-11-8-21/h3-6,14,17,21,25-26,33H,7-13,15-16H2,1-2H3,(H,30,34)/t25-,26-/m0/s1. The van der Waals surface area contributed by atoms with Crippen LogP contribution in [0.2, 0.25) is 0 Å². The number of aliphatic hydroxyl groups is 1. The second-order valence-corrected chi connectivity index (χ2v) is 10.3. The first-order valence-corrected chi connectivity index (χ1v) is 13.1. The highest BCUT2D eigenvalue weighted by Gasteiger charge is 2.27. The van der Waals surface area contributed by atoms with Gasteiger partial charge in [-0.1, -0.05) is 12.1 Å². The van der Waals surface area contributed by atoms with Gasteiger partial charge in [0.25, 0.3) is 11.5 Å². The van der Waals surface area contributed by atoms with E-state index in [1.165, 1.54) is 0 Å². The molecule has 0 aliphatic carbocycles. The third-order valence-corrected chi connectivity index (χ3v) is 7.90. The molecule has 2 aliphatic heterocycles. The Morgan fingerprint density at radius 3 is 2.54 bits per heavy atom. The van der Waals surface area contributed by atoms with Gasteiger partial charge in [-0.05, 0) is 85.9 Å². The van der Waals surface area contributed by atoms with E-state index in [9.17, 15) is 14.7 Å². The SMILES string of the molecule is Cc1c(Cc2ccc(C(=O)NCC3CCOCC3)cc2)cc2c(=O)n([C@H]3CCOC[C@@H]3O)cnc2c1C. The second-order valence-electron chi connectivity index (χ2n) is 10.3. The number of hydrogen-bond donors (Lipinski definition) is 2. The number of fused-ring (bicyclic) bond motifs is 1. The number of carbonyl (C=O) groups is 1. The van der Waals surface area contributed by atoms with Crippen LogP contribution in [0.15, 0.2) is 41.5 Å². The number of aromatic nitrogens is 2. The third-order valence-electron chi connectivity index (χ3n) is 7.90. The number of amides is 1. The van der Waals surface area contributed by atoms with Crippen LogP contribution in [0.1, 0.15) is 57.9 Å². The van der Waals surface area contributed by atoms with Gasteiger partial charge < -0.3 is 19.9 Å². The van der Waals surface area contributed by atoms with Gasteiger partial charge in [0.2, 0.25) is 0 Å². The van der Waals surface area contributed by atoms with Gasteiger partial charge >= 0.3 is 0 Å². The molecular weight excluding hydrogens is 470 g/mol. The maximum Gasteiger partial charge on any atom is 0.261 e. The van der Waals surface area contributed by atoms with Gasteiger partial charge in [-0.2, -0.15) is 0 Å². The molecule has 2 aliphatic rings. The summed E-state index contributed by atoms with van der Waals surface area (Å²) in [5, 5.41) is 14.0. The average molecular weight is 506 g/mol. The van der Waals surface area contributed by atoms with E-state index in [1.807, 2.05) is 37.3 Å². The molecule has 196 valence electrons. The molecule has 2 atom stereocenters. The lowest BCUT2D eigenvalue weighted by atomic mass is 9.94. The molecule has 0 radical (unpaired) electrons. The highest BCUT2D eigenvalue weighted by Crippen LogP contribution is 2.26. The van der Waals surface area contributed by atoms with Crippen LogP contribution in [0.4, 0.5) is 0 Å². The number of benzene rings is 2. The molecular formula is C29H35N3O5. The zero-order chi connectivity index (χ0) is 25.9. The maximum absolute atomic E-state index is 13.5. The predicted molar refractivity (Wildman–Crippen MR) is 141 cm³/mol. The zero-order valence-electron chi connectivity index (χ0n) is 21.5. The maximum atomic E-state index is 13.5. The number of aryl methyl sites for hydroxylation is 1. The van der Waals surface area contributed by atoms with E-state index < -0.39 is 6.10 Å². The minimum atomic E-state index is -0.732. The Morgan fingerprint density at radius 1 is 1.08 bits per heavy atom. The summed E-state index contributed by atoms with van der Waals surface area (Å²) in [5.74, 6) is 0.419. The van der Waals surface area contributed by atoms with Gasteiger partial charge in [-0.3, -0.25) is 14.2 Å². The molecule has 0 bridgehead atoms. The molecule has 1 aromatic heterocycles. The normalized spacial score (nSPS) is 20.7. The number of nitrogens with one attached hydrogen (secondary N) is 1. The summed E-state index contributed by atoms with van der Waals surface area (Å²) in [4.78, 5) is 30.7. The Morgan fingerprint density at radius 2 is 1.81 bits per heavy atom. The lowest BCUT2D eigenvalue weighted by Crippen LogP contribution is -2.39. The van der Waals surface area contributed by atoms with Gasteiger partial charge in [0.15, 0.2) is 0 Å². The Hall–Kier alpha value is -3.07. The van der Waals surface area contributed by atoms with Gasteiger partial charge in [0.05, 0.1) is 36.0 Å². The Labute approximate surface area is 216 Å². The topological polar surface area (TPSA) is 103 Å².